The zero-order valence-electron chi connectivity index (χ0n) is 16.8. The molecule has 0 saturated heterocycles. The Morgan fingerprint density at radius 2 is 1.67 bits per heavy atom. The lowest BCUT2D eigenvalue weighted by Crippen LogP contribution is -2.09. The topological polar surface area (TPSA) is 114 Å². The van der Waals surface area contributed by atoms with Gasteiger partial charge in [-0.3, -0.25) is 4.72 Å². The van der Waals surface area contributed by atoms with Crippen LogP contribution >= 0.6 is 0 Å². The molecule has 3 aromatic rings. The third-order valence-corrected chi connectivity index (χ3v) is 4.68. The fraction of sp³-hybridized carbons (Fsp3) is 0.200. The second-order valence-corrected chi connectivity index (χ2v) is 8.15. The summed E-state index contributed by atoms with van der Waals surface area (Å²) in [4.78, 5) is 8.47. The Kier molecular flexibility index (Phi) is 6.58. The van der Waals surface area contributed by atoms with E-state index in [1.807, 2.05) is 24.3 Å². The van der Waals surface area contributed by atoms with Crippen molar-refractivity contribution in [3.8, 4) is 11.5 Å². The summed E-state index contributed by atoms with van der Waals surface area (Å²) in [7, 11) is -0.106. The first-order valence-corrected chi connectivity index (χ1v) is 10.9. The maximum absolute atomic E-state index is 11.3. The first-order valence-electron chi connectivity index (χ1n) is 8.98. The van der Waals surface area contributed by atoms with Gasteiger partial charge in [-0.1, -0.05) is 12.1 Å². The Morgan fingerprint density at radius 3 is 2.33 bits per heavy atom. The fourth-order valence-corrected chi connectivity index (χ4v) is 3.22. The predicted octanol–water partition coefficient (Wildman–Crippen LogP) is 3.22. The highest BCUT2D eigenvalue weighted by Gasteiger charge is 2.07. The molecule has 0 unspecified atom stereocenters. The number of aromatic nitrogens is 2. The molecule has 2 aromatic carbocycles. The predicted molar refractivity (Wildman–Crippen MR) is 117 cm³/mol. The van der Waals surface area contributed by atoms with E-state index in [1.54, 1.807) is 38.5 Å². The molecule has 0 bridgehead atoms. The van der Waals surface area contributed by atoms with Crippen molar-refractivity contribution in [2.75, 3.05) is 35.8 Å². The van der Waals surface area contributed by atoms with Crippen LogP contribution < -0.4 is 24.8 Å². The van der Waals surface area contributed by atoms with E-state index in [9.17, 15) is 8.42 Å². The van der Waals surface area contributed by atoms with E-state index in [-0.39, 0.29) is 0 Å². The number of rotatable bonds is 9. The third kappa shape index (κ3) is 5.98. The number of methoxy groups -OCH3 is 2. The standard InChI is InChI=1S/C20H23N5O4S/c1-28-16-8-9-17(18(10-16)29-2)24-20-11-19(22-13-23-20)21-12-14-4-6-15(7-5-14)25-30(3,26)27/h4-11,13,25H,12H2,1-3H3,(H2,21,22,23,24). The Labute approximate surface area is 175 Å². The molecule has 3 rings (SSSR count). The van der Waals surface area contributed by atoms with Gasteiger partial charge in [-0.25, -0.2) is 18.4 Å². The van der Waals surface area contributed by atoms with Crippen molar-refractivity contribution in [3.63, 3.8) is 0 Å². The number of sulfonamides is 1. The maximum Gasteiger partial charge on any atom is 0.229 e. The van der Waals surface area contributed by atoms with Gasteiger partial charge in [0.1, 0.15) is 29.5 Å². The molecule has 30 heavy (non-hydrogen) atoms. The Balaban J connectivity index is 1.65. The number of hydrogen-bond acceptors (Lipinski definition) is 8. The molecule has 0 spiro atoms. The highest BCUT2D eigenvalue weighted by Crippen LogP contribution is 2.31. The molecule has 0 aliphatic carbocycles. The smallest absolute Gasteiger partial charge is 0.229 e. The number of anilines is 4. The number of hydrogen-bond donors (Lipinski definition) is 3. The first kappa shape index (κ1) is 21.2. The third-order valence-electron chi connectivity index (χ3n) is 4.07. The lowest BCUT2D eigenvalue weighted by Gasteiger charge is -2.13. The summed E-state index contributed by atoms with van der Waals surface area (Å²) < 4.78 is 35.6. The summed E-state index contributed by atoms with van der Waals surface area (Å²) in [5.41, 5.74) is 2.24. The van der Waals surface area contributed by atoms with Crippen LogP contribution in [0.1, 0.15) is 5.56 Å². The van der Waals surface area contributed by atoms with Gasteiger partial charge in [-0.2, -0.15) is 0 Å². The van der Waals surface area contributed by atoms with Crippen LogP contribution in [0.2, 0.25) is 0 Å². The highest BCUT2D eigenvalue weighted by molar-refractivity contribution is 7.92. The molecule has 0 radical (unpaired) electrons. The number of ether oxygens (including phenoxy) is 2. The van der Waals surface area contributed by atoms with Crippen LogP contribution in [-0.2, 0) is 16.6 Å². The lowest BCUT2D eigenvalue weighted by atomic mass is 10.2. The molecule has 0 aliphatic rings. The van der Waals surface area contributed by atoms with Crippen LogP contribution in [0, 0.1) is 0 Å². The van der Waals surface area contributed by atoms with Gasteiger partial charge >= 0.3 is 0 Å². The normalized spacial score (nSPS) is 10.9. The van der Waals surface area contributed by atoms with Gasteiger partial charge in [-0.15, -0.1) is 0 Å². The van der Waals surface area contributed by atoms with Gasteiger partial charge in [0, 0.05) is 24.4 Å². The minimum absolute atomic E-state index is 0.515. The minimum Gasteiger partial charge on any atom is -0.497 e. The summed E-state index contributed by atoms with van der Waals surface area (Å²) in [5.74, 6) is 2.56. The molecule has 0 aliphatic heterocycles. The van der Waals surface area contributed by atoms with E-state index >= 15 is 0 Å². The van der Waals surface area contributed by atoms with Crippen molar-refractivity contribution in [1.82, 2.24) is 9.97 Å². The van der Waals surface area contributed by atoms with Crippen molar-refractivity contribution in [2.24, 2.45) is 0 Å². The maximum atomic E-state index is 11.3. The molecule has 1 heterocycles. The molecule has 3 N–H and O–H groups in total. The van der Waals surface area contributed by atoms with Gasteiger partial charge in [-0.05, 0) is 29.8 Å². The monoisotopic (exact) mass is 429 g/mol. The molecular weight excluding hydrogens is 406 g/mol. The largest absolute Gasteiger partial charge is 0.497 e. The van der Waals surface area contributed by atoms with Crippen LogP contribution in [0.5, 0.6) is 11.5 Å². The second-order valence-electron chi connectivity index (χ2n) is 6.40. The highest BCUT2D eigenvalue weighted by atomic mass is 32.2. The number of nitrogens with one attached hydrogen (secondary N) is 3. The summed E-state index contributed by atoms with van der Waals surface area (Å²) >= 11 is 0. The summed E-state index contributed by atoms with van der Waals surface area (Å²) in [5, 5.41) is 6.43. The lowest BCUT2D eigenvalue weighted by molar-refractivity contribution is 0.395. The van der Waals surface area contributed by atoms with Crippen molar-refractivity contribution >= 4 is 33.0 Å². The van der Waals surface area contributed by atoms with E-state index in [1.165, 1.54) is 6.33 Å². The van der Waals surface area contributed by atoms with Crippen molar-refractivity contribution in [1.29, 1.82) is 0 Å². The van der Waals surface area contributed by atoms with E-state index in [4.69, 9.17) is 9.47 Å². The molecule has 0 fully saturated rings. The number of nitrogens with zero attached hydrogens (tertiary/aromatic N) is 2. The quantitative estimate of drug-likeness (QED) is 0.475. The second kappa shape index (κ2) is 9.31. The van der Waals surface area contributed by atoms with E-state index in [2.05, 4.69) is 25.3 Å². The van der Waals surface area contributed by atoms with Gasteiger partial charge in [0.15, 0.2) is 0 Å². The molecule has 0 saturated carbocycles. The van der Waals surface area contributed by atoms with Crippen LogP contribution in [0.25, 0.3) is 0 Å². The van der Waals surface area contributed by atoms with E-state index in [0.717, 1.165) is 17.5 Å². The zero-order valence-corrected chi connectivity index (χ0v) is 17.7. The van der Waals surface area contributed by atoms with Gasteiger partial charge in [0.25, 0.3) is 0 Å². The van der Waals surface area contributed by atoms with Gasteiger partial charge < -0.3 is 20.1 Å². The van der Waals surface area contributed by atoms with Crippen LogP contribution in [0.15, 0.2) is 54.9 Å². The molecule has 158 valence electrons. The molecular formula is C20H23N5O4S. The Hall–Kier alpha value is -3.53. The molecule has 10 heteroatoms. The van der Waals surface area contributed by atoms with Gasteiger partial charge in [0.2, 0.25) is 10.0 Å². The van der Waals surface area contributed by atoms with Crippen molar-refractivity contribution in [2.45, 2.75) is 6.54 Å². The average Bonchev–Trinajstić information content (AvgIpc) is 2.73. The SMILES string of the molecule is COc1ccc(Nc2cc(NCc3ccc(NS(C)(=O)=O)cc3)ncn2)c(OC)c1. The average molecular weight is 430 g/mol. The van der Waals surface area contributed by atoms with Crippen LogP contribution in [-0.4, -0.2) is 38.9 Å². The van der Waals surface area contributed by atoms with Gasteiger partial charge in [0.05, 0.1) is 26.2 Å². The Morgan fingerprint density at radius 1 is 0.933 bits per heavy atom. The van der Waals surface area contributed by atoms with Crippen molar-refractivity contribution in [3.05, 3.63) is 60.4 Å². The molecule has 0 amide bonds. The van der Waals surface area contributed by atoms with E-state index in [0.29, 0.717) is 35.4 Å². The van der Waals surface area contributed by atoms with Crippen molar-refractivity contribution < 1.29 is 17.9 Å². The summed E-state index contributed by atoms with van der Waals surface area (Å²) in [6, 6.07) is 14.3. The number of benzene rings is 2. The summed E-state index contributed by atoms with van der Waals surface area (Å²) in [6.45, 7) is 0.515. The molecule has 9 nitrogen and oxygen atoms in total. The molecule has 1 aromatic heterocycles. The molecule has 0 atom stereocenters. The minimum atomic E-state index is -3.29. The zero-order chi connectivity index (χ0) is 21.6. The summed E-state index contributed by atoms with van der Waals surface area (Å²) in [6.07, 6.45) is 2.57. The Bertz CT molecular complexity index is 1100. The van der Waals surface area contributed by atoms with Crippen LogP contribution in [0.4, 0.5) is 23.0 Å². The van der Waals surface area contributed by atoms with Crippen LogP contribution in [0.3, 0.4) is 0 Å². The first-order chi connectivity index (χ1) is 14.4. The fourth-order valence-electron chi connectivity index (χ4n) is 2.66. The van der Waals surface area contributed by atoms with E-state index < -0.39 is 10.0 Å².